The van der Waals surface area contributed by atoms with Crippen molar-refractivity contribution in [3.05, 3.63) is 102 Å². The molecule has 2 nitrogen and oxygen atoms in total. The van der Waals surface area contributed by atoms with Crippen LogP contribution in [0.25, 0.3) is 0 Å². The monoisotopic (exact) mass is 355 g/mol. The van der Waals surface area contributed by atoms with E-state index in [0.29, 0.717) is 12.0 Å². The van der Waals surface area contributed by atoms with Crippen LogP contribution in [0.2, 0.25) is 0 Å². The van der Waals surface area contributed by atoms with Crippen LogP contribution in [0.3, 0.4) is 0 Å². The van der Waals surface area contributed by atoms with Gasteiger partial charge in [-0.05, 0) is 24.1 Å². The molecule has 0 N–H and O–H groups in total. The molecule has 1 unspecified atom stereocenters. The van der Waals surface area contributed by atoms with Crippen LogP contribution >= 0.6 is 0 Å². The Bertz CT molecular complexity index is 923. The van der Waals surface area contributed by atoms with Crippen molar-refractivity contribution in [1.29, 1.82) is 0 Å². The van der Waals surface area contributed by atoms with Crippen LogP contribution in [0.1, 0.15) is 42.0 Å². The Hall–Kier alpha value is -2.58. The van der Waals surface area contributed by atoms with E-state index >= 15 is 0 Å². The van der Waals surface area contributed by atoms with Gasteiger partial charge in [0.15, 0.2) is 0 Å². The highest BCUT2D eigenvalue weighted by Gasteiger charge is 2.52. The van der Waals surface area contributed by atoms with Crippen molar-refractivity contribution in [2.45, 2.75) is 30.9 Å². The van der Waals surface area contributed by atoms with Crippen molar-refractivity contribution in [2.24, 2.45) is 0 Å². The molecule has 2 aliphatic heterocycles. The van der Waals surface area contributed by atoms with E-state index in [2.05, 4.69) is 96.8 Å². The zero-order chi connectivity index (χ0) is 18.3. The van der Waals surface area contributed by atoms with Gasteiger partial charge in [0, 0.05) is 37.0 Å². The predicted molar refractivity (Wildman–Crippen MR) is 109 cm³/mol. The van der Waals surface area contributed by atoms with Crippen LogP contribution in [0, 0.1) is 0 Å². The van der Waals surface area contributed by atoms with Crippen LogP contribution in [-0.2, 0) is 5.60 Å². The van der Waals surface area contributed by atoms with E-state index < -0.39 is 0 Å². The molecular formula is C25H25NO. The molecule has 1 fully saturated rings. The topological polar surface area (TPSA) is 12.5 Å². The molecule has 5 rings (SSSR count). The number of para-hydroxylation sites is 1. The molecule has 0 saturated carbocycles. The van der Waals surface area contributed by atoms with Crippen molar-refractivity contribution < 1.29 is 4.74 Å². The van der Waals surface area contributed by atoms with Gasteiger partial charge in [0.1, 0.15) is 11.4 Å². The third-order valence-electron chi connectivity index (χ3n) is 6.43. The highest BCUT2D eigenvalue weighted by molar-refractivity contribution is 5.47. The summed E-state index contributed by atoms with van der Waals surface area (Å²) < 4.78 is 6.69. The second-order valence-electron chi connectivity index (χ2n) is 7.78. The Morgan fingerprint density at radius 1 is 0.889 bits per heavy atom. The van der Waals surface area contributed by atoms with Gasteiger partial charge in [0.2, 0.25) is 0 Å². The molecule has 0 bridgehead atoms. The molecule has 0 radical (unpaired) electrons. The SMILES string of the molecule is CC(c1ccccc1)N1CC[C@@]2(c3ccccc3)Oc3ccccc3[C@H]2C1. The second kappa shape index (κ2) is 6.54. The summed E-state index contributed by atoms with van der Waals surface area (Å²) in [6, 6.07) is 30.7. The number of rotatable bonds is 3. The third kappa shape index (κ3) is 2.67. The fourth-order valence-corrected chi connectivity index (χ4v) is 4.91. The summed E-state index contributed by atoms with van der Waals surface area (Å²) in [7, 11) is 0. The highest BCUT2D eigenvalue weighted by Crippen LogP contribution is 2.55. The maximum Gasteiger partial charge on any atom is 0.143 e. The first kappa shape index (κ1) is 16.6. The van der Waals surface area contributed by atoms with Crippen LogP contribution < -0.4 is 4.74 Å². The Kier molecular flexibility index (Phi) is 4.02. The molecular weight excluding hydrogens is 330 g/mol. The maximum atomic E-state index is 6.69. The van der Waals surface area contributed by atoms with Gasteiger partial charge in [-0.25, -0.2) is 0 Å². The third-order valence-corrected chi connectivity index (χ3v) is 6.43. The summed E-state index contributed by atoms with van der Waals surface area (Å²) in [5, 5.41) is 0. The van der Waals surface area contributed by atoms with Gasteiger partial charge in [-0.2, -0.15) is 0 Å². The van der Waals surface area contributed by atoms with Crippen LogP contribution in [0.4, 0.5) is 0 Å². The van der Waals surface area contributed by atoms with E-state index in [-0.39, 0.29) is 5.60 Å². The Labute approximate surface area is 161 Å². The number of hydrogen-bond donors (Lipinski definition) is 0. The van der Waals surface area contributed by atoms with E-state index in [9.17, 15) is 0 Å². The lowest BCUT2D eigenvalue weighted by atomic mass is 9.74. The summed E-state index contributed by atoms with van der Waals surface area (Å²) in [5.41, 5.74) is 3.80. The molecule has 3 aromatic carbocycles. The van der Waals surface area contributed by atoms with E-state index in [1.807, 2.05) is 0 Å². The van der Waals surface area contributed by atoms with Gasteiger partial charge in [0.05, 0.1) is 0 Å². The number of likely N-dealkylation sites (tertiary alicyclic amines) is 1. The first-order valence-electron chi connectivity index (χ1n) is 9.90. The minimum Gasteiger partial charge on any atom is -0.482 e. The minimum atomic E-state index is -0.238. The summed E-state index contributed by atoms with van der Waals surface area (Å²) in [5.74, 6) is 1.41. The molecule has 3 atom stereocenters. The molecule has 0 aliphatic carbocycles. The van der Waals surface area contributed by atoms with Crippen molar-refractivity contribution in [3.8, 4) is 5.75 Å². The van der Waals surface area contributed by atoms with Crippen molar-refractivity contribution in [3.63, 3.8) is 0 Å². The lowest BCUT2D eigenvalue weighted by Crippen LogP contribution is -2.49. The van der Waals surface area contributed by atoms with E-state index in [1.54, 1.807) is 0 Å². The zero-order valence-electron chi connectivity index (χ0n) is 15.7. The molecule has 2 heterocycles. The number of fused-ring (bicyclic) bond motifs is 3. The molecule has 2 aliphatic rings. The molecule has 0 spiro atoms. The standard InChI is InChI=1S/C25H25NO/c1-19(20-10-4-2-5-11-20)26-17-16-25(21-12-6-3-7-13-21)23(18-26)22-14-8-9-15-24(22)27-25/h2-15,19,23H,16-18H2,1H3/t19?,23-,25+/m1/s1. The van der Waals surface area contributed by atoms with Crippen LogP contribution in [0.15, 0.2) is 84.9 Å². The summed E-state index contributed by atoms with van der Waals surface area (Å²) >= 11 is 0. The Balaban J connectivity index is 1.52. The Morgan fingerprint density at radius 2 is 1.56 bits per heavy atom. The van der Waals surface area contributed by atoms with Crippen molar-refractivity contribution >= 4 is 0 Å². The van der Waals surface area contributed by atoms with Crippen LogP contribution in [0.5, 0.6) is 5.75 Å². The normalized spacial score (nSPS) is 25.3. The number of nitrogens with zero attached hydrogens (tertiary/aromatic N) is 1. The van der Waals surface area contributed by atoms with E-state index in [1.165, 1.54) is 16.7 Å². The van der Waals surface area contributed by atoms with Gasteiger partial charge < -0.3 is 4.74 Å². The number of benzene rings is 3. The van der Waals surface area contributed by atoms with Gasteiger partial charge in [-0.3, -0.25) is 4.90 Å². The number of ether oxygens (including phenoxy) is 1. The van der Waals surface area contributed by atoms with Crippen LogP contribution in [-0.4, -0.2) is 18.0 Å². The molecule has 27 heavy (non-hydrogen) atoms. The lowest BCUT2D eigenvalue weighted by Gasteiger charge is -2.45. The largest absolute Gasteiger partial charge is 0.482 e. The van der Waals surface area contributed by atoms with Gasteiger partial charge in [-0.15, -0.1) is 0 Å². The van der Waals surface area contributed by atoms with Crippen molar-refractivity contribution in [2.75, 3.05) is 13.1 Å². The fourth-order valence-electron chi connectivity index (χ4n) is 4.91. The molecule has 136 valence electrons. The molecule has 3 aromatic rings. The smallest absolute Gasteiger partial charge is 0.143 e. The zero-order valence-corrected chi connectivity index (χ0v) is 15.7. The predicted octanol–water partition coefficient (Wildman–Crippen LogP) is 5.53. The quantitative estimate of drug-likeness (QED) is 0.613. The second-order valence-corrected chi connectivity index (χ2v) is 7.78. The number of hydrogen-bond acceptors (Lipinski definition) is 2. The van der Waals surface area contributed by atoms with Gasteiger partial charge in [-0.1, -0.05) is 78.9 Å². The van der Waals surface area contributed by atoms with E-state index in [0.717, 1.165) is 25.3 Å². The highest BCUT2D eigenvalue weighted by atomic mass is 16.5. The maximum absolute atomic E-state index is 6.69. The fraction of sp³-hybridized carbons (Fsp3) is 0.280. The minimum absolute atomic E-state index is 0.238. The summed E-state index contributed by atoms with van der Waals surface area (Å²) in [4.78, 5) is 2.62. The number of piperidine rings is 1. The van der Waals surface area contributed by atoms with Gasteiger partial charge >= 0.3 is 0 Å². The Morgan fingerprint density at radius 3 is 2.33 bits per heavy atom. The molecule has 0 aromatic heterocycles. The lowest BCUT2D eigenvalue weighted by molar-refractivity contribution is -0.0112. The first-order valence-corrected chi connectivity index (χ1v) is 9.90. The summed E-state index contributed by atoms with van der Waals surface area (Å²) in [6.45, 7) is 4.38. The molecule has 0 amide bonds. The molecule has 1 saturated heterocycles. The average molecular weight is 355 g/mol. The van der Waals surface area contributed by atoms with E-state index in [4.69, 9.17) is 4.74 Å². The summed E-state index contributed by atoms with van der Waals surface area (Å²) in [6.07, 6.45) is 1.01. The first-order chi connectivity index (χ1) is 13.3. The van der Waals surface area contributed by atoms with Crippen molar-refractivity contribution in [1.82, 2.24) is 4.90 Å². The molecule has 2 heteroatoms. The van der Waals surface area contributed by atoms with Gasteiger partial charge in [0.25, 0.3) is 0 Å². The average Bonchev–Trinajstić information content (AvgIpc) is 3.09.